The number of hydrogen-bond donors (Lipinski definition) is 1. The number of anilines is 1. The molecule has 0 atom stereocenters. The first-order valence-electron chi connectivity index (χ1n) is 8.88. The van der Waals surface area contributed by atoms with Crippen LogP contribution in [0.2, 0.25) is 0 Å². The normalized spacial score (nSPS) is 12.6. The van der Waals surface area contributed by atoms with Gasteiger partial charge in [-0.2, -0.15) is 5.10 Å². The maximum atomic E-state index is 5.40. The van der Waals surface area contributed by atoms with Crippen LogP contribution in [-0.2, 0) is 0 Å². The van der Waals surface area contributed by atoms with Gasteiger partial charge >= 0.3 is 0 Å². The number of benzene rings is 3. The molecule has 0 fully saturated rings. The van der Waals surface area contributed by atoms with Crippen molar-refractivity contribution in [2.75, 3.05) is 12.2 Å². The Bertz CT molecular complexity index is 1180. The Kier molecular flexibility index (Phi) is 4.06. The van der Waals surface area contributed by atoms with Crippen molar-refractivity contribution in [3.8, 4) is 22.8 Å². The quantitative estimate of drug-likeness (QED) is 0.425. The molecule has 3 aromatic carbocycles. The molecule has 28 heavy (non-hydrogen) atoms. The topological polar surface area (TPSA) is 68.6 Å². The molecule has 4 aromatic rings. The predicted octanol–water partition coefficient (Wildman–Crippen LogP) is 4.47. The lowest BCUT2D eigenvalue weighted by atomic mass is 10.1. The van der Waals surface area contributed by atoms with Crippen LogP contribution >= 0.6 is 0 Å². The Morgan fingerprint density at radius 2 is 1.57 bits per heavy atom. The minimum absolute atomic E-state index is 0.251. The Morgan fingerprint density at radius 3 is 2.43 bits per heavy atom. The summed E-state index contributed by atoms with van der Waals surface area (Å²) >= 11 is 0. The van der Waals surface area contributed by atoms with Crippen LogP contribution in [0.5, 0.6) is 11.5 Å². The summed E-state index contributed by atoms with van der Waals surface area (Å²) in [6, 6.07) is 23.4. The molecule has 6 heteroatoms. The van der Waals surface area contributed by atoms with Crippen molar-refractivity contribution >= 4 is 23.1 Å². The number of fused-ring (bicyclic) bond motifs is 2. The van der Waals surface area contributed by atoms with E-state index < -0.39 is 0 Å². The highest BCUT2D eigenvalue weighted by atomic mass is 16.7. The van der Waals surface area contributed by atoms with E-state index in [1.807, 2.05) is 72.8 Å². The summed E-state index contributed by atoms with van der Waals surface area (Å²) in [6.45, 7) is 0.251. The van der Waals surface area contributed by atoms with Crippen LogP contribution in [0.3, 0.4) is 0 Å². The molecule has 2 heterocycles. The van der Waals surface area contributed by atoms with Gasteiger partial charge in [0, 0.05) is 5.56 Å². The van der Waals surface area contributed by atoms with Gasteiger partial charge < -0.3 is 9.47 Å². The molecule has 0 unspecified atom stereocenters. The molecule has 0 radical (unpaired) electrons. The standard InChI is InChI=1S/C22H16N4O2/c1-2-6-16(7-3-1)21-22(25-18-9-5-4-8-17(18)24-21)26-23-13-15-10-11-19-20(12-15)28-14-27-19/h1-13H,14H2,(H,25,26)/b23-13+. The van der Waals surface area contributed by atoms with E-state index in [0.29, 0.717) is 5.82 Å². The molecule has 0 bridgehead atoms. The SMILES string of the molecule is C(=N\Nc1nc2ccccc2nc1-c1ccccc1)/c1ccc2c(c1)OCO2. The van der Waals surface area contributed by atoms with Gasteiger partial charge in [0.15, 0.2) is 17.3 Å². The van der Waals surface area contributed by atoms with Crippen molar-refractivity contribution in [1.82, 2.24) is 9.97 Å². The first-order valence-corrected chi connectivity index (χ1v) is 8.88. The number of nitrogens with one attached hydrogen (secondary N) is 1. The molecule has 1 aliphatic rings. The summed E-state index contributed by atoms with van der Waals surface area (Å²) in [5, 5.41) is 4.36. The van der Waals surface area contributed by atoms with E-state index in [2.05, 4.69) is 10.5 Å². The second-order valence-electron chi connectivity index (χ2n) is 6.26. The first-order chi connectivity index (χ1) is 13.9. The second-order valence-corrected chi connectivity index (χ2v) is 6.26. The lowest BCUT2D eigenvalue weighted by Crippen LogP contribution is -2.00. The molecular weight excluding hydrogens is 352 g/mol. The van der Waals surface area contributed by atoms with Crippen molar-refractivity contribution in [2.45, 2.75) is 0 Å². The molecule has 136 valence electrons. The monoisotopic (exact) mass is 368 g/mol. The summed E-state index contributed by atoms with van der Waals surface area (Å²) in [5.74, 6) is 2.07. The lowest BCUT2D eigenvalue weighted by molar-refractivity contribution is 0.174. The summed E-state index contributed by atoms with van der Waals surface area (Å²) in [5.41, 5.74) is 7.31. The van der Waals surface area contributed by atoms with Crippen LogP contribution < -0.4 is 14.9 Å². The first kappa shape index (κ1) is 16.3. The molecule has 1 aliphatic heterocycles. The molecule has 0 amide bonds. The fourth-order valence-corrected chi connectivity index (χ4v) is 3.04. The van der Waals surface area contributed by atoms with Gasteiger partial charge in [-0.05, 0) is 35.9 Å². The van der Waals surface area contributed by atoms with Crippen LogP contribution in [0.1, 0.15) is 5.56 Å². The van der Waals surface area contributed by atoms with E-state index in [1.54, 1.807) is 6.21 Å². The number of hydrogen-bond acceptors (Lipinski definition) is 6. The van der Waals surface area contributed by atoms with Gasteiger partial charge in [0.2, 0.25) is 6.79 Å². The van der Waals surface area contributed by atoms with Crippen LogP contribution in [0, 0.1) is 0 Å². The van der Waals surface area contributed by atoms with E-state index >= 15 is 0 Å². The second kappa shape index (κ2) is 7.00. The third-order valence-electron chi connectivity index (χ3n) is 4.40. The maximum Gasteiger partial charge on any atom is 0.231 e. The Morgan fingerprint density at radius 1 is 0.821 bits per heavy atom. The molecule has 0 spiro atoms. The molecule has 1 aromatic heterocycles. The lowest BCUT2D eigenvalue weighted by Gasteiger charge is -2.09. The summed E-state index contributed by atoms with van der Waals surface area (Å²) in [6.07, 6.45) is 1.72. The van der Waals surface area contributed by atoms with Crippen LogP contribution in [0.15, 0.2) is 77.9 Å². The zero-order valence-electron chi connectivity index (χ0n) is 14.9. The Labute approximate surface area is 161 Å². The van der Waals surface area contributed by atoms with Gasteiger partial charge in [0.25, 0.3) is 0 Å². The van der Waals surface area contributed by atoms with Crippen molar-refractivity contribution in [2.24, 2.45) is 5.10 Å². The molecule has 6 nitrogen and oxygen atoms in total. The number of rotatable bonds is 4. The van der Waals surface area contributed by atoms with Crippen LogP contribution in [0.25, 0.3) is 22.3 Å². The van der Waals surface area contributed by atoms with E-state index in [9.17, 15) is 0 Å². The van der Waals surface area contributed by atoms with Gasteiger partial charge in [-0.3, -0.25) is 5.43 Å². The van der Waals surface area contributed by atoms with Crippen molar-refractivity contribution in [3.63, 3.8) is 0 Å². The zero-order valence-corrected chi connectivity index (χ0v) is 14.9. The Hall–Kier alpha value is -3.93. The molecule has 0 saturated heterocycles. The predicted molar refractivity (Wildman–Crippen MR) is 109 cm³/mol. The highest BCUT2D eigenvalue weighted by Gasteiger charge is 2.13. The molecule has 0 aliphatic carbocycles. The number of aromatic nitrogens is 2. The summed E-state index contributed by atoms with van der Waals surface area (Å²) in [7, 11) is 0. The number of para-hydroxylation sites is 2. The van der Waals surface area contributed by atoms with E-state index in [-0.39, 0.29) is 6.79 Å². The van der Waals surface area contributed by atoms with Gasteiger partial charge in [0.1, 0.15) is 5.69 Å². The minimum atomic E-state index is 0.251. The Balaban J connectivity index is 1.49. The summed E-state index contributed by atoms with van der Waals surface area (Å²) < 4.78 is 10.7. The van der Waals surface area contributed by atoms with E-state index in [0.717, 1.165) is 39.4 Å². The van der Waals surface area contributed by atoms with E-state index in [1.165, 1.54) is 0 Å². The van der Waals surface area contributed by atoms with Gasteiger partial charge in [-0.1, -0.05) is 42.5 Å². The van der Waals surface area contributed by atoms with Crippen LogP contribution in [-0.4, -0.2) is 23.0 Å². The third kappa shape index (κ3) is 3.12. The average molecular weight is 368 g/mol. The summed E-state index contributed by atoms with van der Waals surface area (Å²) in [4.78, 5) is 9.49. The highest BCUT2D eigenvalue weighted by molar-refractivity contribution is 5.85. The fourth-order valence-electron chi connectivity index (χ4n) is 3.04. The van der Waals surface area contributed by atoms with Gasteiger partial charge in [-0.25, -0.2) is 9.97 Å². The average Bonchev–Trinajstić information content (AvgIpc) is 3.22. The van der Waals surface area contributed by atoms with E-state index in [4.69, 9.17) is 19.4 Å². The highest BCUT2D eigenvalue weighted by Crippen LogP contribution is 2.32. The molecular formula is C22H16N4O2. The maximum absolute atomic E-state index is 5.40. The third-order valence-corrected chi connectivity index (χ3v) is 4.40. The largest absolute Gasteiger partial charge is 0.454 e. The van der Waals surface area contributed by atoms with Crippen molar-refractivity contribution in [1.29, 1.82) is 0 Å². The van der Waals surface area contributed by atoms with Crippen LogP contribution in [0.4, 0.5) is 5.82 Å². The van der Waals surface area contributed by atoms with Crippen molar-refractivity contribution < 1.29 is 9.47 Å². The number of ether oxygens (including phenoxy) is 2. The molecule has 1 N–H and O–H groups in total. The fraction of sp³-hybridized carbons (Fsp3) is 0.0455. The van der Waals surface area contributed by atoms with Crippen molar-refractivity contribution in [3.05, 3.63) is 78.4 Å². The smallest absolute Gasteiger partial charge is 0.231 e. The molecule has 5 rings (SSSR count). The minimum Gasteiger partial charge on any atom is -0.454 e. The van der Waals surface area contributed by atoms with Gasteiger partial charge in [-0.15, -0.1) is 0 Å². The zero-order chi connectivity index (χ0) is 18.8. The number of nitrogens with zero attached hydrogens (tertiary/aromatic N) is 3. The number of hydrazone groups is 1. The molecule has 0 saturated carbocycles. The van der Waals surface area contributed by atoms with Gasteiger partial charge in [0.05, 0.1) is 17.2 Å².